The summed E-state index contributed by atoms with van der Waals surface area (Å²) in [6, 6.07) is 25.9. The highest BCUT2D eigenvalue weighted by atomic mass is 16.1. The lowest BCUT2D eigenvalue weighted by Gasteiger charge is -2.39. The van der Waals surface area contributed by atoms with E-state index < -0.39 is 0 Å². The predicted molar refractivity (Wildman–Crippen MR) is 129 cm³/mol. The van der Waals surface area contributed by atoms with Crippen LogP contribution in [-0.4, -0.2) is 28.9 Å². The average Bonchev–Trinajstić information content (AvgIpc) is 2.85. The van der Waals surface area contributed by atoms with E-state index in [1.165, 1.54) is 16.7 Å². The van der Waals surface area contributed by atoms with Gasteiger partial charge in [0.1, 0.15) is 0 Å². The van der Waals surface area contributed by atoms with Gasteiger partial charge in [-0.25, -0.2) is 0 Å². The van der Waals surface area contributed by atoms with Crippen molar-refractivity contribution in [3.8, 4) is 0 Å². The number of nitrogens with zero attached hydrogens (tertiary/aromatic N) is 2. The van der Waals surface area contributed by atoms with Gasteiger partial charge in [-0.1, -0.05) is 67.6 Å². The summed E-state index contributed by atoms with van der Waals surface area (Å²) in [7, 11) is 0. The Morgan fingerprint density at radius 2 is 1.75 bits per heavy atom. The van der Waals surface area contributed by atoms with Crippen molar-refractivity contribution in [3.05, 3.63) is 101 Å². The van der Waals surface area contributed by atoms with Crippen molar-refractivity contribution >= 4 is 5.91 Å². The molecule has 4 heteroatoms. The largest absolute Gasteiger partial charge is 0.355 e. The van der Waals surface area contributed by atoms with Crippen LogP contribution in [0.1, 0.15) is 48.2 Å². The number of likely N-dealkylation sites (tertiary alicyclic amines) is 1. The average molecular weight is 428 g/mol. The van der Waals surface area contributed by atoms with Crippen LogP contribution in [0.4, 0.5) is 0 Å². The Balaban J connectivity index is 1.42. The van der Waals surface area contributed by atoms with Crippen LogP contribution in [0.25, 0.3) is 0 Å². The lowest BCUT2D eigenvalue weighted by Crippen LogP contribution is -2.44. The normalized spacial score (nSPS) is 18.9. The molecule has 32 heavy (non-hydrogen) atoms. The first-order chi connectivity index (χ1) is 15.7. The first kappa shape index (κ1) is 22.2. The molecule has 0 aliphatic carbocycles. The summed E-state index contributed by atoms with van der Waals surface area (Å²) in [5, 5.41) is 3.15. The number of nitrogens with one attached hydrogen (secondary N) is 1. The molecular formula is C28H33N3O. The molecule has 0 spiro atoms. The van der Waals surface area contributed by atoms with Crippen molar-refractivity contribution in [2.75, 3.05) is 13.1 Å². The van der Waals surface area contributed by atoms with E-state index in [0.29, 0.717) is 12.6 Å². The molecule has 2 heterocycles. The van der Waals surface area contributed by atoms with Gasteiger partial charge in [0.2, 0.25) is 5.91 Å². The van der Waals surface area contributed by atoms with E-state index in [2.05, 4.69) is 76.7 Å². The molecule has 0 unspecified atom stereocenters. The fraction of sp³-hybridized carbons (Fsp3) is 0.357. The summed E-state index contributed by atoms with van der Waals surface area (Å²) in [6.45, 7) is 4.46. The summed E-state index contributed by atoms with van der Waals surface area (Å²) < 4.78 is 0. The zero-order valence-corrected chi connectivity index (χ0v) is 18.9. The first-order valence-electron chi connectivity index (χ1n) is 11.8. The molecule has 1 N–H and O–H groups in total. The molecule has 4 rings (SSSR count). The van der Waals surface area contributed by atoms with Crippen molar-refractivity contribution < 1.29 is 4.79 Å². The van der Waals surface area contributed by atoms with Gasteiger partial charge in [-0.05, 0) is 48.1 Å². The lowest BCUT2D eigenvalue weighted by molar-refractivity contribution is -0.127. The number of hydrogen-bond acceptors (Lipinski definition) is 3. The van der Waals surface area contributed by atoms with Crippen molar-refractivity contribution in [1.29, 1.82) is 0 Å². The molecule has 3 aromatic rings. The fourth-order valence-electron chi connectivity index (χ4n) is 4.61. The van der Waals surface area contributed by atoms with Crippen LogP contribution >= 0.6 is 0 Å². The number of aromatic nitrogens is 1. The smallest absolute Gasteiger partial charge is 0.224 e. The second kappa shape index (κ2) is 11.1. The van der Waals surface area contributed by atoms with Gasteiger partial charge in [0.15, 0.2) is 0 Å². The quantitative estimate of drug-likeness (QED) is 0.553. The van der Waals surface area contributed by atoms with Gasteiger partial charge < -0.3 is 5.32 Å². The maximum Gasteiger partial charge on any atom is 0.224 e. The Hall–Kier alpha value is -2.98. The Kier molecular flexibility index (Phi) is 7.68. The number of benzene rings is 2. The molecule has 0 saturated carbocycles. The molecule has 0 radical (unpaired) electrons. The second-order valence-corrected chi connectivity index (χ2v) is 8.66. The van der Waals surface area contributed by atoms with Crippen LogP contribution < -0.4 is 5.32 Å². The summed E-state index contributed by atoms with van der Waals surface area (Å²) in [6.07, 6.45) is 5.53. The summed E-state index contributed by atoms with van der Waals surface area (Å²) in [5.41, 5.74) is 5.02. The SMILES string of the molecule is CCc1ccc([C@@H]2CC[C@H](C(=O)NCCc3ccccn3)CN2Cc2ccccc2)cc1. The van der Waals surface area contributed by atoms with E-state index in [9.17, 15) is 4.79 Å². The van der Waals surface area contributed by atoms with Crippen LogP contribution in [0.5, 0.6) is 0 Å². The van der Waals surface area contributed by atoms with Gasteiger partial charge in [-0.15, -0.1) is 0 Å². The summed E-state index contributed by atoms with van der Waals surface area (Å²) >= 11 is 0. The minimum Gasteiger partial charge on any atom is -0.355 e. The van der Waals surface area contributed by atoms with Crippen molar-refractivity contribution in [2.45, 2.75) is 45.2 Å². The summed E-state index contributed by atoms with van der Waals surface area (Å²) in [5.74, 6) is 0.187. The van der Waals surface area contributed by atoms with Gasteiger partial charge in [-0.3, -0.25) is 14.7 Å². The Bertz CT molecular complexity index is 973. The van der Waals surface area contributed by atoms with Gasteiger partial charge in [0.25, 0.3) is 0 Å². The Morgan fingerprint density at radius 3 is 2.47 bits per heavy atom. The van der Waals surface area contributed by atoms with Crippen LogP contribution in [-0.2, 0) is 24.2 Å². The number of piperidine rings is 1. The van der Waals surface area contributed by atoms with Crippen molar-refractivity contribution in [2.24, 2.45) is 5.92 Å². The molecule has 2 atom stereocenters. The Labute approximate surface area is 191 Å². The molecule has 1 amide bonds. The molecule has 1 aliphatic heterocycles. The minimum atomic E-state index is 0.0219. The fourth-order valence-corrected chi connectivity index (χ4v) is 4.61. The maximum absolute atomic E-state index is 13.0. The van der Waals surface area contributed by atoms with E-state index in [1.807, 2.05) is 18.2 Å². The minimum absolute atomic E-state index is 0.0219. The number of carbonyl (C=O) groups excluding carboxylic acids is 1. The van der Waals surface area contributed by atoms with Crippen LogP contribution in [0.3, 0.4) is 0 Å². The first-order valence-corrected chi connectivity index (χ1v) is 11.8. The van der Waals surface area contributed by atoms with Crippen molar-refractivity contribution in [1.82, 2.24) is 15.2 Å². The monoisotopic (exact) mass is 427 g/mol. The van der Waals surface area contributed by atoms with Gasteiger partial charge in [0, 0.05) is 44.0 Å². The van der Waals surface area contributed by atoms with E-state index >= 15 is 0 Å². The van der Waals surface area contributed by atoms with Crippen LogP contribution in [0.15, 0.2) is 79.0 Å². The van der Waals surface area contributed by atoms with E-state index in [-0.39, 0.29) is 11.8 Å². The predicted octanol–water partition coefficient (Wildman–Crippen LogP) is 4.96. The van der Waals surface area contributed by atoms with E-state index in [1.54, 1.807) is 6.20 Å². The van der Waals surface area contributed by atoms with Gasteiger partial charge in [-0.2, -0.15) is 0 Å². The van der Waals surface area contributed by atoms with Crippen LogP contribution in [0.2, 0.25) is 0 Å². The number of pyridine rings is 1. The molecule has 1 fully saturated rings. The molecule has 1 aliphatic rings. The Morgan fingerprint density at radius 1 is 0.969 bits per heavy atom. The highest BCUT2D eigenvalue weighted by molar-refractivity contribution is 5.79. The zero-order chi connectivity index (χ0) is 22.2. The number of amides is 1. The molecule has 166 valence electrons. The third kappa shape index (κ3) is 5.83. The number of carbonyl (C=O) groups is 1. The van der Waals surface area contributed by atoms with E-state index in [0.717, 1.165) is 44.5 Å². The van der Waals surface area contributed by atoms with Crippen molar-refractivity contribution in [3.63, 3.8) is 0 Å². The zero-order valence-electron chi connectivity index (χ0n) is 18.9. The molecule has 4 nitrogen and oxygen atoms in total. The second-order valence-electron chi connectivity index (χ2n) is 8.66. The number of hydrogen-bond donors (Lipinski definition) is 1. The third-order valence-electron chi connectivity index (χ3n) is 6.46. The third-order valence-corrected chi connectivity index (χ3v) is 6.46. The number of aryl methyl sites for hydroxylation is 1. The summed E-state index contributed by atoms with van der Waals surface area (Å²) in [4.78, 5) is 19.8. The molecule has 2 aromatic carbocycles. The highest BCUT2D eigenvalue weighted by Crippen LogP contribution is 2.35. The topological polar surface area (TPSA) is 45.2 Å². The standard InChI is InChI=1S/C28H33N3O/c1-2-22-11-13-24(14-12-22)27-16-15-25(21-31(27)20-23-8-4-3-5-9-23)28(32)30-19-17-26-10-6-7-18-29-26/h3-14,18,25,27H,2,15-17,19-21H2,1H3,(H,30,32)/t25-,27-/m0/s1. The van der Waals surface area contributed by atoms with Gasteiger partial charge >= 0.3 is 0 Å². The van der Waals surface area contributed by atoms with Crippen LogP contribution in [0, 0.1) is 5.92 Å². The van der Waals surface area contributed by atoms with E-state index in [4.69, 9.17) is 0 Å². The molecular weight excluding hydrogens is 394 g/mol. The number of rotatable bonds is 8. The molecule has 0 bridgehead atoms. The van der Waals surface area contributed by atoms with Gasteiger partial charge in [0.05, 0.1) is 5.92 Å². The highest BCUT2D eigenvalue weighted by Gasteiger charge is 2.32. The maximum atomic E-state index is 13.0. The molecule has 1 saturated heterocycles. The molecule has 1 aromatic heterocycles. The lowest BCUT2D eigenvalue weighted by atomic mass is 9.87.